The van der Waals surface area contributed by atoms with Crippen LogP contribution in [0, 0.1) is 6.92 Å². The zero-order valence-corrected chi connectivity index (χ0v) is 16.2. The Kier molecular flexibility index (Phi) is 6.63. The maximum absolute atomic E-state index is 12.2. The molecule has 7 heteroatoms. The van der Waals surface area contributed by atoms with Gasteiger partial charge in [-0.05, 0) is 31.2 Å². The molecule has 140 valence electrons. The molecule has 0 aliphatic rings. The molecule has 0 spiro atoms. The summed E-state index contributed by atoms with van der Waals surface area (Å²) in [4.78, 5) is 14.2. The van der Waals surface area contributed by atoms with Gasteiger partial charge in [0.25, 0.3) is 0 Å². The second kappa shape index (κ2) is 8.71. The van der Waals surface area contributed by atoms with Gasteiger partial charge in [-0.2, -0.15) is 0 Å². The molecule has 6 nitrogen and oxygen atoms in total. The number of sulfonamides is 1. The highest BCUT2D eigenvalue weighted by Gasteiger charge is 2.20. The lowest BCUT2D eigenvalue weighted by molar-refractivity contribution is -0.119. The third-order valence-corrected chi connectivity index (χ3v) is 5.12. The summed E-state index contributed by atoms with van der Waals surface area (Å²) in [6, 6.07) is 16.9. The largest absolute Gasteiger partial charge is 0.373 e. The normalized spacial score (nSPS) is 11.0. The Hall–Kier alpha value is -2.54. The molecule has 2 aromatic carbocycles. The number of benzene rings is 2. The van der Waals surface area contributed by atoms with Crippen LogP contribution in [0.5, 0.6) is 0 Å². The van der Waals surface area contributed by atoms with Crippen LogP contribution < -0.4 is 14.5 Å². The van der Waals surface area contributed by atoms with E-state index in [2.05, 4.69) is 5.32 Å². The van der Waals surface area contributed by atoms with E-state index in [0.29, 0.717) is 18.8 Å². The molecule has 0 aliphatic carbocycles. The number of para-hydroxylation sites is 1. The summed E-state index contributed by atoms with van der Waals surface area (Å²) in [6.45, 7) is 2.73. The first-order chi connectivity index (χ1) is 12.3. The Morgan fingerprint density at radius 3 is 2.19 bits per heavy atom. The van der Waals surface area contributed by atoms with Crippen molar-refractivity contribution in [1.29, 1.82) is 0 Å². The summed E-state index contributed by atoms with van der Waals surface area (Å²) in [6.07, 6.45) is 1.10. The van der Waals surface area contributed by atoms with E-state index in [1.807, 2.05) is 61.3 Å². The summed E-state index contributed by atoms with van der Waals surface area (Å²) >= 11 is 0. The van der Waals surface area contributed by atoms with Crippen LogP contribution >= 0.6 is 0 Å². The Labute approximate surface area is 155 Å². The molecule has 1 N–H and O–H groups in total. The first-order valence-corrected chi connectivity index (χ1v) is 10.2. The monoisotopic (exact) mass is 375 g/mol. The van der Waals surface area contributed by atoms with Gasteiger partial charge >= 0.3 is 0 Å². The molecule has 0 aromatic heterocycles. The lowest BCUT2D eigenvalue weighted by atomic mass is 10.2. The molecule has 0 bridgehead atoms. The van der Waals surface area contributed by atoms with Crippen LogP contribution in [0.15, 0.2) is 54.6 Å². The van der Waals surface area contributed by atoms with Crippen molar-refractivity contribution < 1.29 is 13.2 Å². The topological polar surface area (TPSA) is 69.7 Å². The number of nitrogens with zero attached hydrogens (tertiary/aromatic N) is 2. The molecule has 0 fully saturated rings. The van der Waals surface area contributed by atoms with Crippen molar-refractivity contribution in [2.24, 2.45) is 0 Å². The Balaban J connectivity index is 1.92. The molecule has 0 radical (unpaired) electrons. The number of nitrogens with one attached hydrogen (secondary N) is 1. The average Bonchev–Trinajstić information content (AvgIpc) is 2.60. The maximum atomic E-state index is 12.2. The van der Waals surface area contributed by atoms with Gasteiger partial charge in [-0.3, -0.25) is 9.10 Å². The van der Waals surface area contributed by atoms with E-state index in [0.717, 1.165) is 21.8 Å². The lowest BCUT2D eigenvalue weighted by Gasteiger charge is -2.23. The van der Waals surface area contributed by atoms with E-state index in [4.69, 9.17) is 0 Å². The molecule has 0 heterocycles. The minimum absolute atomic E-state index is 0.239. The summed E-state index contributed by atoms with van der Waals surface area (Å²) in [5, 5.41) is 2.78. The highest BCUT2D eigenvalue weighted by atomic mass is 32.2. The molecule has 0 saturated carbocycles. The van der Waals surface area contributed by atoms with E-state index in [-0.39, 0.29) is 12.5 Å². The van der Waals surface area contributed by atoms with E-state index in [1.54, 1.807) is 12.1 Å². The predicted octanol–water partition coefficient (Wildman–Crippen LogP) is 2.01. The Bertz CT molecular complexity index is 821. The molecule has 0 atom stereocenters. The number of likely N-dealkylation sites (N-methyl/N-ethyl adjacent to an activating group) is 1. The summed E-state index contributed by atoms with van der Waals surface area (Å²) < 4.78 is 25.2. The zero-order valence-electron chi connectivity index (χ0n) is 15.3. The maximum Gasteiger partial charge on any atom is 0.240 e. The van der Waals surface area contributed by atoms with Crippen molar-refractivity contribution in [3.05, 3.63) is 60.2 Å². The van der Waals surface area contributed by atoms with E-state index >= 15 is 0 Å². The average molecular weight is 375 g/mol. The molecule has 2 rings (SSSR count). The van der Waals surface area contributed by atoms with Gasteiger partial charge in [0.2, 0.25) is 15.9 Å². The zero-order chi connectivity index (χ0) is 19.2. The summed E-state index contributed by atoms with van der Waals surface area (Å²) in [5.74, 6) is -0.336. The number of amides is 1. The fraction of sp³-hybridized carbons (Fsp3) is 0.316. The van der Waals surface area contributed by atoms with Crippen LogP contribution in [0.1, 0.15) is 5.56 Å². The number of aryl methyl sites for hydroxylation is 1. The van der Waals surface area contributed by atoms with E-state index < -0.39 is 10.0 Å². The molecule has 0 unspecified atom stereocenters. The summed E-state index contributed by atoms with van der Waals surface area (Å²) in [7, 11) is -1.61. The predicted molar refractivity (Wildman–Crippen MR) is 106 cm³/mol. The number of carbonyl (C=O) groups excluding carboxylic acids is 1. The Morgan fingerprint density at radius 2 is 1.62 bits per heavy atom. The molecular weight excluding hydrogens is 350 g/mol. The fourth-order valence-corrected chi connectivity index (χ4v) is 3.33. The Morgan fingerprint density at radius 1 is 1.00 bits per heavy atom. The number of hydrogen-bond donors (Lipinski definition) is 1. The van der Waals surface area contributed by atoms with Crippen LogP contribution in [0.25, 0.3) is 0 Å². The third kappa shape index (κ3) is 5.77. The van der Waals surface area contributed by atoms with Crippen molar-refractivity contribution in [3.63, 3.8) is 0 Å². The van der Waals surface area contributed by atoms with Gasteiger partial charge in [0, 0.05) is 25.8 Å². The molecule has 26 heavy (non-hydrogen) atoms. The second-order valence-corrected chi connectivity index (χ2v) is 8.12. The number of anilines is 2. The van der Waals surface area contributed by atoms with Crippen molar-refractivity contribution in [3.8, 4) is 0 Å². The molecular formula is C19H25N3O3S. The number of rotatable bonds is 8. The van der Waals surface area contributed by atoms with Crippen molar-refractivity contribution in [2.45, 2.75) is 6.92 Å². The van der Waals surface area contributed by atoms with Gasteiger partial charge in [0.15, 0.2) is 0 Å². The van der Waals surface area contributed by atoms with Gasteiger partial charge in [0.1, 0.15) is 6.54 Å². The van der Waals surface area contributed by atoms with Crippen LogP contribution in [0.3, 0.4) is 0 Å². The fourth-order valence-electron chi connectivity index (χ4n) is 2.47. The van der Waals surface area contributed by atoms with Gasteiger partial charge in [-0.25, -0.2) is 8.42 Å². The number of hydrogen-bond acceptors (Lipinski definition) is 4. The molecule has 0 aliphatic heterocycles. The van der Waals surface area contributed by atoms with Gasteiger partial charge in [-0.15, -0.1) is 0 Å². The molecule has 1 amide bonds. The quantitative estimate of drug-likeness (QED) is 0.766. The number of carbonyl (C=O) groups is 1. The highest BCUT2D eigenvalue weighted by molar-refractivity contribution is 7.92. The first kappa shape index (κ1) is 19.8. The smallest absolute Gasteiger partial charge is 0.240 e. The van der Waals surface area contributed by atoms with Crippen LogP contribution in [-0.2, 0) is 14.8 Å². The third-order valence-electron chi connectivity index (χ3n) is 3.98. The van der Waals surface area contributed by atoms with Crippen LogP contribution in [0.2, 0.25) is 0 Å². The van der Waals surface area contributed by atoms with Crippen LogP contribution in [-0.4, -0.2) is 47.3 Å². The van der Waals surface area contributed by atoms with Crippen molar-refractivity contribution in [2.75, 3.05) is 42.1 Å². The minimum Gasteiger partial charge on any atom is -0.373 e. The standard InChI is InChI=1S/C19H25N3O3S/c1-16-9-11-18(12-10-16)22(26(3,24)25)15-19(23)20-13-14-21(2)17-7-5-4-6-8-17/h4-12H,13-15H2,1-3H3,(H,20,23). The van der Waals surface area contributed by atoms with Crippen molar-refractivity contribution in [1.82, 2.24) is 5.32 Å². The van der Waals surface area contributed by atoms with Gasteiger partial charge in [0.05, 0.1) is 11.9 Å². The first-order valence-electron chi connectivity index (χ1n) is 8.34. The lowest BCUT2D eigenvalue weighted by Crippen LogP contribution is -2.42. The van der Waals surface area contributed by atoms with Crippen LogP contribution in [0.4, 0.5) is 11.4 Å². The molecule has 0 saturated heterocycles. The van der Waals surface area contributed by atoms with Gasteiger partial charge < -0.3 is 10.2 Å². The van der Waals surface area contributed by atoms with E-state index in [9.17, 15) is 13.2 Å². The molecule has 2 aromatic rings. The minimum atomic E-state index is -3.55. The second-order valence-electron chi connectivity index (χ2n) is 6.21. The van der Waals surface area contributed by atoms with Gasteiger partial charge in [-0.1, -0.05) is 35.9 Å². The summed E-state index contributed by atoms with van der Waals surface area (Å²) in [5.41, 5.74) is 2.56. The SMILES string of the molecule is Cc1ccc(N(CC(=O)NCCN(C)c2ccccc2)S(C)(=O)=O)cc1. The highest BCUT2D eigenvalue weighted by Crippen LogP contribution is 2.17. The van der Waals surface area contributed by atoms with E-state index in [1.165, 1.54) is 0 Å². The van der Waals surface area contributed by atoms with Crippen molar-refractivity contribution >= 4 is 27.3 Å².